The van der Waals surface area contributed by atoms with Gasteiger partial charge in [0.05, 0.1) is 0 Å². The Balaban J connectivity index is 2.19. The van der Waals surface area contributed by atoms with Gasteiger partial charge >= 0.3 is 0 Å². The Labute approximate surface area is 63.3 Å². The lowest BCUT2D eigenvalue weighted by molar-refractivity contribution is 0.401. The molecule has 0 nitrogen and oxygen atoms in total. The lowest BCUT2D eigenvalue weighted by Gasteiger charge is -2.13. The highest BCUT2D eigenvalue weighted by molar-refractivity contribution is 5.25. The summed E-state index contributed by atoms with van der Waals surface area (Å²) in [6.45, 7) is 7.04. The van der Waals surface area contributed by atoms with E-state index in [4.69, 9.17) is 0 Å². The molecule has 0 heterocycles. The molecule has 2 aliphatic rings. The molecule has 0 N–H and O–H groups in total. The summed E-state index contributed by atoms with van der Waals surface area (Å²) in [5.41, 5.74) is 0.652. The fourth-order valence-corrected chi connectivity index (χ4v) is 2.51. The summed E-state index contributed by atoms with van der Waals surface area (Å²) in [7, 11) is 0. The minimum atomic E-state index is 0.652. The van der Waals surface area contributed by atoms with Gasteiger partial charge in [0.25, 0.3) is 0 Å². The van der Waals surface area contributed by atoms with E-state index in [1.807, 2.05) is 0 Å². The summed E-state index contributed by atoms with van der Waals surface area (Å²) in [4.78, 5) is 0. The van der Waals surface area contributed by atoms with Crippen LogP contribution in [0.2, 0.25) is 0 Å². The molecule has 0 amide bonds. The van der Waals surface area contributed by atoms with Crippen LogP contribution in [0.3, 0.4) is 0 Å². The third-order valence-corrected chi connectivity index (χ3v) is 3.52. The van der Waals surface area contributed by atoms with Gasteiger partial charge in [-0.15, -0.1) is 0 Å². The largest absolute Gasteiger partial charge is 0.0848 e. The molecule has 0 aromatic heterocycles. The van der Waals surface area contributed by atoms with Gasteiger partial charge < -0.3 is 0 Å². The Morgan fingerprint density at radius 1 is 1.50 bits per heavy atom. The summed E-state index contributed by atoms with van der Waals surface area (Å²) < 4.78 is 0. The minimum Gasteiger partial charge on any atom is -0.0848 e. The number of fused-ring (bicyclic) bond motifs is 1. The predicted molar refractivity (Wildman–Crippen MR) is 43.7 cm³/mol. The van der Waals surface area contributed by atoms with Crippen molar-refractivity contribution in [2.75, 3.05) is 0 Å². The predicted octanol–water partition coefficient (Wildman–Crippen LogP) is 2.85. The monoisotopic (exact) mass is 136 g/mol. The first kappa shape index (κ1) is 6.45. The molecule has 10 heavy (non-hydrogen) atoms. The van der Waals surface area contributed by atoms with Gasteiger partial charge in [0, 0.05) is 0 Å². The molecular weight excluding hydrogens is 120 g/mol. The van der Waals surface area contributed by atoms with Crippen LogP contribution in [0, 0.1) is 23.2 Å². The van der Waals surface area contributed by atoms with Crippen molar-refractivity contribution in [3.63, 3.8) is 0 Å². The normalized spacial score (nSPS) is 50.0. The highest BCUT2D eigenvalue weighted by Gasteiger charge is 2.58. The van der Waals surface area contributed by atoms with E-state index in [-0.39, 0.29) is 0 Å². The Hall–Kier alpha value is -0.260. The number of hydrogen-bond acceptors (Lipinski definition) is 0. The van der Waals surface area contributed by atoms with Crippen LogP contribution in [-0.4, -0.2) is 0 Å². The van der Waals surface area contributed by atoms with Gasteiger partial charge in [0.1, 0.15) is 0 Å². The van der Waals surface area contributed by atoms with Crippen molar-refractivity contribution in [1.29, 1.82) is 0 Å². The summed E-state index contributed by atoms with van der Waals surface area (Å²) in [5.74, 6) is 2.73. The molecule has 1 saturated carbocycles. The molecule has 0 radical (unpaired) electrons. The fraction of sp³-hybridized carbons (Fsp3) is 0.800. The lowest BCUT2D eigenvalue weighted by atomic mass is 9.91. The number of allylic oxidation sites excluding steroid dienone is 2. The second kappa shape index (κ2) is 1.66. The van der Waals surface area contributed by atoms with Crippen molar-refractivity contribution < 1.29 is 0 Å². The maximum absolute atomic E-state index is 2.47. The van der Waals surface area contributed by atoms with E-state index in [1.54, 1.807) is 0 Å². The smallest absolute Gasteiger partial charge is 0.00579 e. The summed E-state index contributed by atoms with van der Waals surface area (Å²) in [5, 5.41) is 0. The highest BCUT2D eigenvalue weighted by Crippen LogP contribution is 2.65. The van der Waals surface area contributed by atoms with Crippen LogP contribution in [0.4, 0.5) is 0 Å². The zero-order valence-corrected chi connectivity index (χ0v) is 7.09. The van der Waals surface area contributed by atoms with Crippen LogP contribution in [0.15, 0.2) is 12.2 Å². The van der Waals surface area contributed by atoms with E-state index in [0.717, 1.165) is 17.8 Å². The van der Waals surface area contributed by atoms with Crippen molar-refractivity contribution in [3.05, 3.63) is 12.2 Å². The molecule has 0 heteroatoms. The van der Waals surface area contributed by atoms with E-state index in [9.17, 15) is 0 Å². The molecule has 0 aliphatic heterocycles. The molecule has 0 unspecified atom stereocenters. The van der Waals surface area contributed by atoms with Crippen LogP contribution in [0.25, 0.3) is 0 Å². The maximum Gasteiger partial charge on any atom is -0.00579 e. The van der Waals surface area contributed by atoms with Gasteiger partial charge in [-0.1, -0.05) is 32.9 Å². The van der Waals surface area contributed by atoms with Gasteiger partial charge in [0.15, 0.2) is 0 Å². The van der Waals surface area contributed by atoms with Crippen LogP contribution >= 0.6 is 0 Å². The average Bonchev–Trinajstić information content (AvgIpc) is 2.52. The second-order valence-corrected chi connectivity index (χ2v) is 4.30. The van der Waals surface area contributed by atoms with Gasteiger partial charge in [-0.05, 0) is 29.6 Å². The van der Waals surface area contributed by atoms with Crippen LogP contribution in [0.1, 0.15) is 27.2 Å². The fourth-order valence-electron chi connectivity index (χ4n) is 2.51. The highest BCUT2D eigenvalue weighted by atomic mass is 14.6. The third kappa shape index (κ3) is 0.574. The van der Waals surface area contributed by atoms with Crippen LogP contribution in [0.5, 0.6) is 0 Å². The number of hydrogen-bond donors (Lipinski definition) is 0. The average molecular weight is 136 g/mol. The molecule has 1 fully saturated rings. The van der Waals surface area contributed by atoms with Gasteiger partial charge in [-0.25, -0.2) is 0 Å². The number of rotatable bonds is 1. The molecule has 0 saturated heterocycles. The summed E-state index contributed by atoms with van der Waals surface area (Å²) in [6.07, 6.45) is 6.32. The Kier molecular flexibility index (Phi) is 1.07. The molecule has 2 rings (SSSR count). The first-order chi connectivity index (χ1) is 4.67. The van der Waals surface area contributed by atoms with Crippen LogP contribution < -0.4 is 0 Å². The lowest BCUT2D eigenvalue weighted by Crippen LogP contribution is -2.06. The molecule has 0 aromatic carbocycles. The van der Waals surface area contributed by atoms with E-state index in [1.165, 1.54) is 6.42 Å². The topological polar surface area (TPSA) is 0 Å². The molecular formula is C10H16. The van der Waals surface area contributed by atoms with E-state index < -0.39 is 0 Å². The zero-order valence-electron chi connectivity index (χ0n) is 7.09. The summed E-state index contributed by atoms with van der Waals surface area (Å²) in [6, 6.07) is 0. The molecule has 0 aromatic rings. The van der Waals surface area contributed by atoms with Crippen molar-refractivity contribution in [3.8, 4) is 0 Å². The Bertz CT molecular complexity index is 178. The van der Waals surface area contributed by atoms with Gasteiger partial charge in [0.2, 0.25) is 0 Å². The zero-order chi connectivity index (χ0) is 7.35. The first-order valence-corrected chi connectivity index (χ1v) is 4.36. The molecule has 56 valence electrons. The minimum absolute atomic E-state index is 0.652. The van der Waals surface area contributed by atoms with Crippen molar-refractivity contribution in [1.82, 2.24) is 0 Å². The van der Waals surface area contributed by atoms with E-state index in [0.29, 0.717) is 5.41 Å². The maximum atomic E-state index is 2.47. The SMILES string of the molecule is CC(C)[C@@]12C=C[C@@H](C)[C@H]1C2. The van der Waals surface area contributed by atoms with Crippen molar-refractivity contribution >= 4 is 0 Å². The Morgan fingerprint density at radius 3 is 2.40 bits per heavy atom. The molecule has 0 bridgehead atoms. The first-order valence-electron chi connectivity index (χ1n) is 4.36. The molecule has 3 atom stereocenters. The van der Waals surface area contributed by atoms with Crippen molar-refractivity contribution in [2.24, 2.45) is 23.2 Å². The summed E-state index contributed by atoms with van der Waals surface area (Å²) >= 11 is 0. The van der Waals surface area contributed by atoms with Crippen molar-refractivity contribution in [2.45, 2.75) is 27.2 Å². The van der Waals surface area contributed by atoms with Gasteiger partial charge in [-0.3, -0.25) is 0 Å². The Morgan fingerprint density at radius 2 is 2.20 bits per heavy atom. The molecule has 2 aliphatic carbocycles. The quantitative estimate of drug-likeness (QED) is 0.486. The van der Waals surface area contributed by atoms with Crippen LogP contribution in [-0.2, 0) is 0 Å². The second-order valence-electron chi connectivity index (χ2n) is 4.30. The van der Waals surface area contributed by atoms with E-state index in [2.05, 4.69) is 32.9 Å². The standard InChI is InChI=1S/C10H16/c1-7(2)10-5-4-8(3)9(10)6-10/h4-5,7-9H,6H2,1-3H3/t8-,9-,10+/m1/s1. The van der Waals surface area contributed by atoms with Gasteiger partial charge in [-0.2, -0.15) is 0 Å². The third-order valence-electron chi connectivity index (χ3n) is 3.52. The molecule has 0 spiro atoms. The van der Waals surface area contributed by atoms with E-state index >= 15 is 0 Å².